The maximum absolute atomic E-state index is 6.35. The number of halogens is 1. The van der Waals surface area contributed by atoms with Gasteiger partial charge in [-0.05, 0) is 36.1 Å². The van der Waals surface area contributed by atoms with Crippen LogP contribution in [0.1, 0.15) is 30.9 Å². The standard InChI is InChI=1S/C13H15ClN2/c1-7(2)9-6-11(15)16-10-5-4-8(3)13(14)12(9)10/h4-7H,1-3H3,(H2,15,16). The molecule has 0 atom stereocenters. The molecule has 0 radical (unpaired) electrons. The summed E-state index contributed by atoms with van der Waals surface area (Å²) in [6, 6.07) is 5.86. The Morgan fingerprint density at radius 3 is 2.62 bits per heavy atom. The molecule has 0 fully saturated rings. The molecule has 16 heavy (non-hydrogen) atoms. The highest BCUT2D eigenvalue weighted by molar-refractivity contribution is 6.36. The van der Waals surface area contributed by atoms with Gasteiger partial charge in [0.15, 0.2) is 0 Å². The number of hydrogen-bond donors (Lipinski definition) is 1. The Morgan fingerprint density at radius 2 is 2.00 bits per heavy atom. The van der Waals surface area contributed by atoms with Gasteiger partial charge in [-0.15, -0.1) is 0 Å². The van der Waals surface area contributed by atoms with E-state index >= 15 is 0 Å². The first kappa shape index (κ1) is 11.2. The van der Waals surface area contributed by atoms with E-state index in [1.807, 2.05) is 25.1 Å². The third kappa shape index (κ3) is 1.74. The molecule has 2 rings (SSSR count). The fourth-order valence-electron chi connectivity index (χ4n) is 1.90. The van der Waals surface area contributed by atoms with E-state index in [0.717, 1.165) is 27.1 Å². The van der Waals surface area contributed by atoms with E-state index in [0.29, 0.717) is 11.7 Å². The van der Waals surface area contributed by atoms with Gasteiger partial charge in [-0.2, -0.15) is 0 Å². The molecule has 0 saturated carbocycles. The fourth-order valence-corrected chi connectivity index (χ4v) is 2.16. The Hall–Kier alpha value is -1.28. The highest BCUT2D eigenvalue weighted by Gasteiger charge is 2.12. The lowest BCUT2D eigenvalue weighted by Gasteiger charge is -2.13. The van der Waals surface area contributed by atoms with Crippen molar-refractivity contribution >= 4 is 28.3 Å². The Labute approximate surface area is 100 Å². The van der Waals surface area contributed by atoms with E-state index in [-0.39, 0.29) is 0 Å². The van der Waals surface area contributed by atoms with Crippen LogP contribution in [0.15, 0.2) is 18.2 Å². The normalized spacial score (nSPS) is 11.3. The van der Waals surface area contributed by atoms with Crippen molar-refractivity contribution in [3.8, 4) is 0 Å². The van der Waals surface area contributed by atoms with Crippen LogP contribution in [0.3, 0.4) is 0 Å². The van der Waals surface area contributed by atoms with Crippen LogP contribution in [0, 0.1) is 6.92 Å². The topological polar surface area (TPSA) is 38.9 Å². The minimum Gasteiger partial charge on any atom is -0.384 e. The van der Waals surface area contributed by atoms with Crippen molar-refractivity contribution in [3.63, 3.8) is 0 Å². The molecular formula is C13H15ClN2. The molecule has 0 spiro atoms. The van der Waals surface area contributed by atoms with Crippen molar-refractivity contribution in [1.29, 1.82) is 0 Å². The lowest BCUT2D eigenvalue weighted by atomic mass is 9.97. The average molecular weight is 235 g/mol. The molecular weight excluding hydrogens is 220 g/mol. The number of pyridine rings is 1. The number of aromatic nitrogens is 1. The monoisotopic (exact) mass is 234 g/mol. The number of fused-ring (bicyclic) bond motifs is 1. The molecule has 0 amide bonds. The summed E-state index contributed by atoms with van der Waals surface area (Å²) in [6.07, 6.45) is 0. The maximum Gasteiger partial charge on any atom is 0.124 e. The Morgan fingerprint density at radius 1 is 1.31 bits per heavy atom. The molecule has 1 heterocycles. The van der Waals surface area contributed by atoms with Crippen molar-refractivity contribution < 1.29 is 0 Å². The molecule has 0 bridgehead atoms. The number of anilines is 1. The number of hydrogen-bond acceptors (Lipinski definition) is 2. The summed E-state index contributed by atoms with van der Waals surface area (Å²) >= 11 is 6.35. The van der Waals surface area contributed by atoms with Crippen LogP contribution in [0.2, 0.25) is 5.02 Å². The third-order valence-corrected chi connectivity index (χ3v) is 3.26. The van der Waals surface area contributed by atoms with Crippen LogP contribution < -0.4 is 5.73 Å². The summed E-state index contributed by atoms with van der Waals surface area (Å²) in [5, 5.41) is 1.82. The summed E-state index contributed by atoms with van der Waals surface area (Å²) < 4.78 is 0. The first-order valence-electron chi connectivity index (χ1n) is 5.36. The summed E-state index contributed by atoms with van der Waals surface area (Å²) in [5.74, 6) is 0.934. The van der Waals surface area contributed by atoms with Gasteiger partial charge in [0, 0.05) is 5.39 Å². The molecule has 0 aliphatic carbocycles. The summed E-state index contributed by atoms with van der Waals surface area (Å²) in [7, 11) is 0. The van der Waals surface area contributed by atoms with Crippen molar-refractivity contribution in [2.45, 2.75) is 26.7 Å². The minimum atomic E-state index is 0.382. The van der Waals surface area contributed by atoms with Gasteiger partial charge in [-0.1, -0.05) is 31.5 Å². The molecule has 84 valence electrons. The lowest BCUT2D eigenvalue weighted by Crippen LogP contribution is -1.98. The minimum absolute atomic E-state index is 0.382. The molecule has 2 aromatic rings. The van der Waals surface area contributed by atoms with Crippen molar-refractivity contribution in [1.82, 2.24) is 4.98 Å². The molecule has 1 aromatic heterocycles. The summed E-state index contributed by atoms with van der Waals surface area (Å²) in [6.45, 7) is 6.27. The van der Waals surface area contributed by atoms with Crippen LogP contribution in [0.4, 0.5) is 5.82 Å². The van der Waals surface area contributed by atoms with Crippen LogP contribution in [0.5, 0.6) is 0 Å². The van der Waals surface area contributed by atoms with Gasteiger partial charge in [0.25, 0.3) is 0 Å². The fraction of sp³-hybridized carbons (Fsp3) is 0.308. The second kappa shape index (κ2) is 3.95. The van der Waals surface area contributed by atoms with E-state index < -0.39 is 0 Å². The Balaban J connectivity index is 2.92. The summed E-state index contributed by atoms with van der Waals surface area (Å²) in [4.78, 5) is 4.31. The van der Waals surface area contributed by atoms with Crippen LogP contribution >= 0.6 is 11.6 Å². The lowest BCUT2D eigenvalue weighted by molar-refractivity contribution is 0.875. The van der Waals surface area contributed by atoms with Crippen molar-refractivity contribution in [3.05, 3.63) is 34.3 Å². The van der Waals surface area contributed by atoms with Crippen LogP contribution in [-0.2, 0) is 0 Å². The molecule has 2 N–H and O–H groups in total. The van der Waals surface area contributed by atoms with Crippen molar-refractivity contribution in [2.75, 3.05) is 5.73 Å². The van der Waals surface area contributed by atoms with Crippen LogP contribution in [0.25, 0.3) is 10.9 Å². The molecule has 1 aromatic carbocycles. The van der Waals surface area contributed by atoms with E-state index in [9.17, 15) is 0 Å². The predicted octanol–water partition coefficient (Wildman–Crippen LogP) is 3.90. The number of aryl methyl sites for hydroxylation is 1. The van der Waals surface area contributed by atoms with E-state index in [1.54, 1.807) is 0 Å². The number of nitrogens with zero attached hydrogens (tertiary/aromatic N) is 1. The smallest absolute Gasteiger partial charge is 0.124 e. The second-order valence-corrected chi connectivity index (χ2v) is 4.76. The van der Waals surface area contributed by atoms with Gasteiger partial charge in [0.2, 0.25) is 0 Å². The van der Waals surface area contributed by atoms with Gasteiger partial charge in [0.1, 0.15) is 5.82 Å². The van der Waals surface area contributed by atoms with Gasteiger partial charge < -0.3 is 5.73 Å². The molecule has 2 nitrogen and oxygen atoms in total. The zero-order valence-corrected chi connectivity index (χ0v) is 10.5. The molecule has 3 heteroatoms. The van der Waals surface area contributed by atoms with E-state index in [2.05, 4.69) is 18.8 Å². The molecule has 0 saturated heterocycles. The zero-order valence-electron chi connectivity index (χ0n) is 9.71. The number of nitrogens with two attached hydrogens (primary N) is 1. The molecule has 0 aliphatic heterocycles. The number of nitrogen functional groups attached to an aromatic ring is 1. The number of rotatable bonds is 1. The second-order valence-electron chi connectivity index (χ2n) is 4.38. The predicted molar refractivity (Wildman–Crippen MR) is 70.0 cm³/mol. The number of benzene rings is 1. The van der Waals surface area contributed by atoms with Gasteiger partial charge >= 0.3 is 0 Å². The van der Waals surface area contributed by atoms with Gasteiger partial charge in [-0.3, -0.25) is 0 Å². The van der Waals surface area contributed by atoms with Crippen LogP contribution in [-0.4, -0.2) is 4.98 Å². The molecule has 0 aliphatic rings. The quantitative estimate of drug-likeness (QED) is 0.813. The average Bonchev–Trinajstić information content (AvgIpc) is 2.22. The molecule has 0 unspecified atom stereocenters. The first-order chi connectivity index (χ1) is 7.50. The maximum atomic E-state index is 6.35. The first-order valence-corrected chi connectivity index (χ1v) is 5.73. The van der Waals surface area contributed by atoms with Gasteiger partial charge in [0.05, 0.1) is 10.5 Å². The highest BCUT2D eigenvalue weighted by Crippen LogP contribution is 2.33. The third-order valence-electron chi connectivity index (χ3n) is 2.78. The Kier molecular flexibility index (Phi) is 2.76. The van der Waals surface area contributed by atoms with E-state index in [4.69, 9.17) is 17.3 Å². The largest absolute Gasteiger partial charge is 0.384 e. The summed E-state index contributed by atoms with van der Waals surface area (Å²) in [5.41, 5.74) is 8.91. The Bertz CT molecular complexity index is 547. The zero-order chi connectivity index (χ0) is 11.9. The van der Waals surface area contributed by atoms with Crippen molar-refractivity contribution in [2.24, 2.45) is 0 Å². The van der Waals surface area contributed by atoms with Gasteiger partial charge in [-0.25, -0.2) is 4.98 Å². The highest BCUT2D eigenvalue weighted by atomic mass is 35.5. The SMILES string of the molecule is Cc1ccc2nc(N)cc(C(C)C)c2c1Cl. The van der Waals surface area contributed by atoms with E-state index in [1.165, 1.54) is 0 Å².